The number of nitriles is 1. The highest BCUT2D eigenvalue weighted by Gasteiger charge is 2.29. The molecule has 1 atom stereocenters. The topological polar surface area (TPSA) is 62.6 Å². The molecule has 1 fully saturated rings. The fraction of sp³-hybridized carbons (Fsp3) is 0.385. The molecular weight excluding hydrogens is 232 g/mol. The molecule has 0 aromatic heterocycles. The standard InChI is InChI=1S/C13H14N2O3/c1-9-3-4-12(17-2)11(7-9)15-6-5-10(8-14)18-13(15)16/h3-4,7,10H,5-6H2,1-2H3. The predicted molar refractivity (Wildman–Crippen MR) is 65.6 cm³/mol. The Morgan fingerprint density at radius 1 is 1.56 bits per heavy atom. The van der Waals surface area contributed by atoms with Crippen molar-refractivity contribution in [2.45, 2.75) is 19.4 Å². The van der Waals surface area contributed by atoms with Crippen LogP contribution in [0.3, 0.4) is 0 Å². The zero-order valence-corrected chi connectivity index (χ0v) is 10.3. The zero-order valence-electron chi connectivity index (χ0n) is 10.3. The van der Waals surface area contributed by atoms with Gasteiger partial charge in [-0.3, -0.25) is 4.90 Å². The molecule has 1 aromatic rings. The highest BCUT2D eigenvalue weighted by Crippen LogP contribution is 2.31. The van der Waals surface area contributed by atoms with Crippen molar-refractivity contribution in [1.29, 1.82) is 5.26 Å². The van der Waals surface area contributed by atoms with Crippen LogP contribution in [0, 0.1) is 18.3 Å². The van der Waals surface area contributed by atoms with E-state index < -0.39 is 12.2 Å². The molecule has 0 radical (unpaired) electrons. The number of carbonyl (C=O) groups is 1. The van der Waals surface area contributed by atoms with Crippen LogP contribution in [-0.4, -0.2) is 25.9 Å². The molecule has 1 saturated heterocycles. The number of hydrogen-bond donors (Lipinski definition) is 0. The van der Waals surface area contributed by atoms with Crippen molar-refractivity contribution in [1.82, 2.24) is 0 Å². The van der Waals surface area contributed by atoms with Crippen LogP contribution < -0.4 is 9.64 Å². The van der Waals surface area contributed by atoms with E-state index in [-0.39, 0.29) is 0 Å². The Kier molecular flexibility index (Phi) is 3.38. The number of cyclic esters (lactones) is 1. The molecule has 0 aliphatic carbocycles. The molecule has 0 saturated carbocycles. The van der Waals surface area contributed by atoms with Crippen LogP contribution in [0.2, 0.25) is 0 Å². The van der Waals surface area contributed by atoms with E-state index in [4.69, 9.17) is 14.7 Å². The molecule has 1 aliphatic rings. The normalized spacial score (nSPS) is 19.1. The van der Waals surface area contributed by atoms with Gasteiger partial charge in [0.25, 0.3) is 0 Å². The van der Waals surface area contributed by atoms with Crippen molar-refractivity contribution < 1.29 is 14.3 Å². The van der Waals surface area contributed by atoms with Crippen molar-refractivity contribution >= 4 is 11.8 Å². The van der Waals surface area contributed by atoms with Gasteiger partial charge in [0.1, 0.15) is 11.8 Å². The van der Waals surface area contributed by atoms with Gasteiger partial charge in [-0.2, -0.15) is 5.26 Å². The monoisotopic (exact) mass is 246 g/mol. The minimum absolute atomic E-state index is 0.455. The average molecular weight is 246 g/mol. The molecule has 0 bridgehead atoms. The molecule has 1 aromatic carbocycles. The largest absolute Gasteiger partial charge is 0.495 e. The second-order valence-electron chi connectivity index (χ2n) is 4.12. The second kappa shape index (κ2) is 4.96. The Morgan fingerprint density at radius 3 is 2.94 bits per heavy atom. The summed E-state index contributed by atoms with van der Waals surface area (Å²) in [6, 6.07) is 7.54. The van der Waals surface area contributed by atoms with E-state index in [1.807, 2.05) is 31.2 Å². The average Bonchev–Trinajstić information content (AvgIpc) is 2.38. The Labute approximate surface area is 106 Å². The summed E-state index contributed by atoms with van der Waals surface area (Å²) in [7, 11) is 1.56. The van der Waals surface area contributed by atoms with E-state index in [0.29, 0.717) is 24.4 Å². The summed E-state index contributed by atoms with van der Waals surface area (Å²) in [6.45, 7) is 2.40. The van der Waals surface area contributed by atoms with Crippen molar-refractivity contribution in [3.05, 3.63) is 23.8 Å². The third-order valence-electron chi connectivity index (χ3n) is 2.85. The maximum absolute atomic E-state index is 11.8. The highest BCUT2D eigenvalue weighted by atomic mass is 16.6. The highest BCUT2D eigenvalue weighted by molar-refractivity contribution is 5.90. The van der Waals surface area contributed by atoms with Gasteiger partial charge in [-0.25, -0.2) is 4.79 Å². The molecule has 0 spiro atoms. The summed E-state index contributed by atoms with van der Waals surface area (Å²) >= 11 is 0. The molecule has 5 nitrogen and oxygen atoms in total. The third-order valence-corrected chi connectivity index (χ3v) is 2.85. The number of aryl methyl sites for hydroxylation is 1. The van der Waals surface area contributed by atoms with Crippen LogP contribution in [-0.2, 0) is 4.74 Å². The lowest BCUT2D eigenvalue weighted by atomic mass is 10.1. The van der Waals surface area contributed by atoms with Gasteiger partial charge in [0.05, 0.1) is 12.8 Å². The number of amides is 1. The van der Waals surface area contributed by atoms with E-state index in [1.165, 1.54) is 4.90 Å². The van der Waals surface area contributed by atoms with Crippen LogP contribution in [0.25, 0.3) is 0 Å². The number of benzene rings is 1. The first kappa shape index (κ1) is 12.2. The molecule has 2 rings (SSSR count). The number of methoxy groups -OCH3 is 1. The Bertz CT molecular complexity index is 507. The van der Waals surface area contributed by atoms with Gasteiger partial charge < -0.3 is 9.47 Å². The van der Waals surface area contributed by atoms with Crippen molar-refractivity contribution in [3.8, 4) is 11.8 Å². The Morgan fingerprint density at radius 2 is 2.33 bits per heavy atom. The summed E-state index contributed by atoms with van der Waals surface area (Å²) in [6.07, 6.45) is -0.652. The summed E-state index contributed by atoms with van der Waals surface area (Å²) in [5.74, 6) is 0.618. The summed E-state index contributed by atoms with van der Waals surface area (Å²) < 4.78 is 10.3. The van der Waals surface area contributed by atoms with Gasteiger partial charge in [-0.05, 0) is 24.6 Å². The lowest BCUT2D eigenvalue weighted by molar-refractivity contribution is 0.111. The fourth-order valence-electron chi connectivity index (χ4n) is 1.90. The number of carbonyl (C=O) groups excluding carboxylic acids is 1. The number of hydrogen-bond acceptors (Lipinski definition) is 4. The van der Waals surface area contributed by atoms with E-state index >= 15 is 0 Å². The van der Waals surface area contributed by atoms with Gasteiger partial charge in [-0.15, -0.1) is 0 Å². The lowest BCUT2D eigenvalue weighted by Crippen LogP contribution is -2.41. The maximum Gasteiger partial charge on any atom is 0.415 e. The summed E-state index contributed by atoms with van der Waals surface area (Å²) in [5, 5.41) is 8.74. The zero-order chi connectivity index (χ0) is 13.1. The van der Waals surface area contributed by atoms with Gasteiger partial charge in [-0.1, -0.05) is 6.07 Å². The molecule has 0 N–H and O–H groups in total. The molecule has 94 valence electrons. The minimum atomic E-state index is -0.649. The number of anilines is 1. The summed E-state index contributed by atoms with van der Waals surface area (Å²) in [4.78, 5) is 13.3. The van der Waals surface area contributed by atoms with Gasteiger partial charge >= 0.3 is 6.09 Å². The second-order valence-corrected chi connectivity index (χ2v) is 4.12. The van der Waals surface area contributed by atoms with Gasteiger partial charge in [0.15, 0.2) is 6.10 Å². The van der Waals surface area contributed by atoms with Crippen molar-refractivity contribution in [2.24, 2.45) is 0 Å². The quantitative estimate of drug-likeness (QED) is 0.802. The Balaban J connectivity index is 2.30. The minimum Gasteiger partial charge on any atom is -0.495 e. The van der Waals surface area contributed by atoms with Crippen molar-refractivity contribution in [3.63, 3.8) is 0 Å². The number of nitrogens with zero attached hydrogens (tertiary/aromatic N) is 2. The lowest BCUT2D eigenvalue weighted by Gasteiger charge is -2.30. The first-order valence-corrected chi connectivity index (χ1v) is 5.68. The van der Waals surface area contributed by atoms with Crippen LogP contribution >= 0.6 is 0 Å². The predicted octanol–water partition coefficient (Wildman–Crippen LogP) is 2.24. The number of rotatable bonds is 2. The van der Waals surface area contributed by atoms with E-state index in [0.717, 1.165) is 5.56 Å². The molecular formula is C13H14N2O3. The van der Waals surface area contributed by atoms with Crippen LogP contribution in [0.15, 0.2) is 18.2 Å². The molecule has 1 amide bonds. The molecule has 1 unspecified atom stereocenters. The van der Waals surface area contributed by atoms with Crippen LogP contribution in [0.1, 0.15) is 12.0 Å². The van der Waals surface area contributed by atoms with Gasteiger partial charge in [0.2, 0.25) is 0 Å². The smallest absolute Gasteiger partial charge is 0.415 e. The molecule has 18 heavy (non-hydrogen) atoms. The Hall–Kier alpha value is -2.22. The molecule has 1 aliphatic heterocycles. The SMILES string of the molecule is COc1ccc(C)cc1N1CCC(C#N)OC1=O. The first-order chi connectivity index (χ1) is 8.65. The maximum atomic E-state index is 11.8. The van der Waals surface area contributed by atoms with Crippen LogP contribution in [0.5, 0.6) is 5.75 Å². The van der Waals surface area contributed by atoms with E-state index in [9.17, 15) is 4.79 Å². The van der Waals surface area contributed by atoms with E-state index in [1.54, 1.807) is 7.11 Å². The fourth-order valence-corrected chi connectivity index (χ4v) is 1.90. The van der Waals surface area contributed by atoms with Crippen molar-refractivity contribution in [2.75, 3.05) is 18.6 Å². The van der Waals surface area contributed by atoms with E-state index in [2.05, 4.69) is 0 Å². The van der Waals surface area contributed by atoms with Gasteiger partial charge in [0, 0.05) is 13.0 Å². The third kappa shape index (κ3) is 2.23. The first-order valence-electron chi connectivity index (χ1n) is 5.68. The molecule has 1 heterocycles. The summed E-state index contributed by atoms with van der Waals surface area (Å²) in [5.41, 5.74) is 1.71. The van der Waals surface area contributed by atoms with Crippen LogP contribution in [0.4, 0.5) is 10.5 Å². The molecule has 5 heteroatoms. The number of ether oxygens (including phenoxy) is 2.